The van der Waals surface area contributed by atoms with Gasteiger partial charge in [-0.1, -0.05) is 0 Å². The van der Waals surface area contributed by atoms with Gasteiger partial charge in [0.15, 0.2) is 5.82 Å². The first-order valence-corrected chi connectivity index (χ1v) is 14.4. The summed E-state index contributed by atoms with van der Waals surface area (Å²) < 4.78 is 13.8. The van der Waals surface area contributed by atoms with Gasteiger partial charge in [-0.2, -0.15) is 0 Å². The highest BCUT2D eigenvalue weighted by molar-refractivity contribution is 5.88. The first-order valence-electron chi connectivity index (χ1n) is 14.4. The van der Waals surface area contributed by atoms with Crippen molar-refractivity contribution in [2.24, 2.45) is 7.05 Å². The summed E-state index contributed by atoms with van der Waals surface area (Å²) in [5, 5.41) is 3.42. The number of piperazine rings is 1. The van der Waals surface area contributed by atoms with Gasteiger partial charge in [0, 0.05) is 44.5 Å². The Morgan fingerprint density at radius 1 is 1.00 bits per heavy atom. The number of nitrogens with one attached hydrogen (secondary N) is 1. The zero-order chi connectivity index (χ0) is 30.3. The Kier molecular flexibility index (Phi) is 7.25. The van der Waals surface area contributed by atoms with E-state index in [1.54, 1.807) is 11.2 Å². The molecule has 1 saturated heterocycles. The van der Waals surface area contributed by atoms with Gasteiger partial charge in [0.1, 0.15) is 34.8 Å². The minimum absolute atomic E-state index is 0.0275. The lowest BCUT2D eigenvalue weighted by Crippen LogP contribution is -2.55. The number of carbonyl (C=O) groups is 1. The number of hydrogen-bond donors (Lipinski definition) is 1. The summed E-state index contributed by atoms with van der Waals surface area (Å²) in [4.78, 5) is 35.0. The predicted molar refractivity (Wildman–Crippen MR) is 167 cm³/mol. The standard InChI is InChI=1S/C32H36N8O3/c1-20-15-22(7-11-27(20)42-23-8-10-26-25(16-23)35-19-38(26)6)36-30-29-24(33-18-34-30)9-12-28(37-29)39-13-14-40(21(2)17-39)31(41)43-32(3,4)5/h7-12,15-16,18-19,21H,13-14,17H2,1-6H3,(H,33,34,36). The molecule has 6 rings (SSSR count). The van der Waals surface area contributed by atoms with Crippen LogP contribution in [0.25, 0.3) is 22.1 Å². The number of aryl methyl sites for hydroxylation is 2. The number of amides is 1. The van der Waals surface area contributed by atoms with Crippen molar-refractivity contribution in [3.63, 3.8) is 0 Å². The number of benzene rings is 2. The lowest BCUT2D eigenvalue weighted by molar-refractivity contribution is 0.0158. The topological polar surface area (TPSA) is 111 Å². The number of hydrogen-bond acceptors (Lipinski definition) is 9. The molecule has 3 aromatic heterocycles. The number of aromatic nitrogens is 5. The molecule has 1 unspecified atom stereocenters. The second-order valence-electron chi connectivity index (χ2n) is 11.9. The van der Waals surface area contributed by atoms with Crippen molar-refractivity contribution >= 4 is 45.5 Å². The highest BCUT2D eigenvalue weighted by Crippen LogP contribution is 2.31. The third kappa shape index (κ3) is 6.01. The van der Waals surface area contributed by atoms with Crippen molar-refractivity contribution in [2.45, 2.75) is 46.3 Å². The Hall–Kier alpha value is -4.93. The van der Waals surface area contributed by atoms with Crippen molar-refractivity contribution in [3.05, 3.63) is 66.7 Å². The van der Waals surface area contributed by atoms with Crippen LogP contribution in [0.15, 0.2) is 61.2 Å². The third-order valence-electron chi connectivity index (χ3n) is 7.41. The summed E-state index contributed by atoms with van der Waals surface area (Å²) in [6.07, 6.45) is 3.04. The van der Waals surface area contributed by atoms with Gasteiger partial charge in [-0.15, -0.1) is 0 Å². The second kappa shape index (κ2) is 11.0. The van der Waals surface area contributed by atoms with Gasteiger partial charge >= 0.3 is 6.09 Å². The molecule has 1 fully saturated rings. The molecule has 4 heterocycles. The maximum absolute atomic E-state index is 12.7. The maximum Gasteiger partial charge on any atom is 0.410 e. The molecule has 0 radical (unpaired) electrons. The average molecular weight is 581 g/mol. The Labute approximate surface area is 250 Å². The highest BCUT2D eigenvalue weighted by Gasteiger charge is 2.31. The number of nitrogens with zero attached hydrogens (tertiary/aromatic N) is 7. The minimum atomic E-state index is -0.530. The molecule has 43 heavy (non-hydrogen) atoms. The van der Waals surface area contributed by atoms with E-state index in [9.17, 15) is 4.79 Å². The van der Waals surface area contributed by atoms with E-state index in [-0.39, 0.29) is 12.1 Å². The van der Waals surface area contributed by atoms with Crippen LogP contribution in [-0.2, 0) is 11.8 Å². The van der Waals surface area contributed by atoms with E-state index < -0.39 is 5.60 Å². The van der Waals surface area contributed by atoms with E-state index in [1.807, 2.05) is 94.8 Å². The number of pyridine rings is 1. The number of carbonyl (C=O) groups excluding carboxylic acids is 1. The molecule has 1 aliphatic heterocycles. The molecule has 1 atom stereocenters. The van der Waals surface area contributed by atoms with Crippen LogP contribution in [0.2, 0.25) is 0 Å². The molecule has 5 aromatic rings. The molecule has 222 valence electrons. The first-order chi connectivity index (χ1) is 20.5. The fourth-order valence-electron chi connectivity index (χ4n) is 5.24. The highest BCUT2D eigenvalue weighted by atomic mass is 16.6. The van der Waals surface area contributed by atoms with Gasteiger partial charge in [-0.25, -0.2) is 24.7 Å². The van der Waals surface area contributed by atoms with Crippen molar-refractivity contribution in [1.82, 2.24) is 29.4 Å². The number of imidazole rings is 1. The Morgan fingerprint density at radius 2 is 1.84 bits per heavy atom. The van der Waals surface area contributed by atoms with Gasteiger partial charge in [0.05, 0.1) is 22.9 Å². The van der Waals surface area contributed by atoms with E-state index in [1.165, 1.54) is 6.33 Å². The molecule has 0 spiro atoms. The van der Waals surface area contributed by atoms with Crippen LogP contribution in [0.5, 0.6) is 11.5 Å². The summed E-state index contributed by atoms with van der Waals surface area (Å²) in [6, 6.07) is 15.7. The van der Waals surface area contributed by atoms with E-state index >= 15 is 0 Å². The van der Waals surface area contributed by atoms with Crippen LogP contribution in [0.3, 0.4) is 0 Å². The largest absolute Gasteiger partial charge is 0.457 e. The van der Waals surface area contributed by atoms with Gasteiger partial charge in [-0.05, 0) is 82.6 Å². The molecule has 0 saturated carbocycles. The summed E-state index contributed by atoms with van der Waals surface area (Å²) in [6.45, 7) is 11.5. The Bertz CT molecular complexity index is 1810. The lowest BCUT2D eigenvalue weighted by Gasteiger charge is -2.40. The van der Waals surface area contributed by atoms with Crippen LogP contribution in [0.4, 0.5) is 22.1 Å². The maximum atomic E-state index is 12.7. The number of fused-ring (bicyclic) bond motifs is 2. The van der Waals surface area contributed by atoms with Gasteiger partial charge in [0.25, 0.3) is 0 Å². The zero-order valence-corrected chi connectivity index (χ0v) is 25.3. The van der Waals surface area contributed by atoms with E-state index in [0.29, 0.717) is 31.0 Å². The molecular formula is C32H36N8O3. The van der Waals surface area contributed by atoms with Crippen LogP contribution in [-0.4, -0.2) is 66.8 Å². The minimum Gasteiger partial charge on any atom is -0.457 e. The van der Waals surface area contributed by atoms with Crippen molar-refractivity contribution in [3.8, 4) is 11.5 Å². The second-order valence-corrected chi connectivity index (χ2v) is 11.9. The monoisotopic (exact) mass is 580 g/mol. The van der Waals surface area contributed by atoms with Crippen LogP contribution in [0.1, 0.15) is 33.3 Å². The number of ether oxygens (including phenoxy) is 2. The average Bonchev–Trinajstić information content (AvgIpc) is 3.33. The molecule has 2 aromatic carbocycles. The smallest absolute Gasteiger partial charge is 0.410 e. The Balaban J connectivity index is 1.18. The van der Waals surface area contributed by atoms with Gasteiger partial charge < -0.3 is 29.2 Å². The fraction of sp³-hybridized carbons (Fsp3) is 0.344. The van der Waals surface area contributed by atoms with Crippen molar-refractivity contribution in [1.29, 1.82) is 0 Å². The summed E-state index contributed by atoms with van der Waals surface area (Å²) >= 11 is 0. The molecule has 11 heteroatoms. The van der Waals surface area contributed by atoms with Gasteiger partial charge in [0.2, 0.25) is 0 Å². The summed E-state index contributed by atoms with van der Waals surface area (Å²) in [7, 11) is 1.97. The van der Waals surface area contributed by atoms with E-state index in [0.717, 1.165) is 45.1 Å². The van der Waals surface area contributed by atoms with E-state index in [4.69, 9.17) is 14.5 Å². The predicted octanol–water partition coefficient (Wildman–Crippen LogP) is 6.20. The lowest BCUT2D eigenvalue weighted by atomic mass is 10.2. The molecule has 1 N–H and O–H groups in total. The molecular weight excluding hydrogens is 544 g/mol. The normalized spacial score (nSPS) is 15.6. The SMILES string of the molecule is Cc1cc(Nc2ncnc3ccc(N4CCN(C(=O)OC(C)(C)C)C(C)C4)nc23)ccc1Oc1ccc2c(c1)ncn2C. The fourth-order valence-corrected chi connectivity index (χ4v) is 5.24. The van der Waals surface area contributed by atoms with Crippen molar-refractivity contribution in [2.75, 3.05) is 29.9 Å². The summed E-state index contributed by atoms with van der Waals surface area (Å²) in [5.74, 6) is 2.91. The molecule has 0 aliphatic carbocycles. The van der Waals surface area contributed by atoms with Crippen LogP contribution < -0.4 is 15.0 Å². The Morgan fingerprint density at radius 3 is 2.60 bits per heavy atom. The summed E-state index contributed by atoms with van der Waals surface area (Å²) in [5.41, 5.74) is 4.64. The molecule has 11 nitrogen and oxygen atoms in total. The van der Waals surface area contributed by atoms with Crippen LogP contribution >= 0.6 is 0 Å². The molecule has 0 bridgehead atoms. The zero-order valence-electron chi connectivity index (χ0n) is 25.3. The molecule has 1 amide bonds. The van der Waals surface area contributed by atoms with Gasteiger partial charge in [-0.3, -0.25) is 0 Å². The number of anilines is 3. The van der Waals surface area contributed by atoms with Crippen molar-refractivity contribution < 1.29 is 14.3 Å². The van der Waals surface area contributed by atoms with E-state index in [2.05, 4.69) is 25.2 Å². The van der Waals surface area contributed by atoms with Crippen LogP contribution in [0, 0.1) is 6.92 Å². The first kappa shape index (κ1) is 28.2. The third-order valence-corrected chi connectivity index (χ3v) is 7.41. The quantitative estimate of drug-likeness (QED) is 0.260. The number of rotatable bonds is 5. The molecule has 1 aliphatic rings.